The molecule has 1 fully saturated rings. The van der Waals surface area contributed by atoms with Crippen LogP contribution in [0.25, 0.3) is 17.1 Å². The topological polar surface area (TPSA) is 60.3 Å². The van der Waals surface area contributed by atoms with E-state index in [1.165, 1.54) is 11.8 Å². The van der Waals surface area contributed by atoms with Crippen molar-refractivity contribution in [2.45, 2.75) is 30.2 Å². The Labute approximate surface area is 174 Å². The second kappa shape index (κ2) is 8.69. The maximum absolute atomic E-state index is 12.8. The highest BCUT2D eigenvalue weighted by molar-refractivity contribution is 8.00. The van der Waals surface area contributed by atoms with E-state index in [-0.39, 0.29) is 11.2 Å². The Morgan fingerprint density at radius 1 is 1.03 bits per heavy atom. The summed E-state index contributed by atoms with van der Waals surface area (Å²) in [5.41, 5.74) is 1.90. The maximum Gasteiger partial charge on any atom is 0.235 e. The number of benzene rings is 2. The van der Waals surface area contributed by atoms with Gasteiger partial charge in [-0.05, 0) is 56.2 Å². The molecule has 150 valence electrons. The molecule has 7 heteroatoms. The second-order valence-electron chi connectivity index (χ2n) is 7.00. The normalized spacial score (nSPS) is 14.8. The summed E-state index contributed by atoms with van der Waals surface area (Å²) in [7, 11) is 1.65. The van der Waals surface area contributed by atoms with Gasteiger partial charge in [-0.3, -0.25) is 9.36 Å². The number of ether oxygens (including phenoxy) is 1. The predicted molar refractivity (Wildman–Crippen MR) is 114 cm³/mol. The van der Waals surface area contributed by atoms with Crippen molar-refractivity contribution < 1.29 is 9.53 Å². The average molecular weight is 409 g/mol. The van der Waals surface area contributed by atoms with Crippen molar-refractivity contribution in [3.8, 4) is 22.8 Å². The van der Waals surface area contributed by atoms with Crippen molar-refractivity contribution in [3.63, 3.8) is 0 Å². The first kappa shape index (κ1) is 19.5. The number of carbonyl (C=O) groups is 1. The highest BCUT2D eigenvalue weighted by atomic mass is 32.2. The standard InChI is InChI=1S/C22H24N4O2S/c1-16(21(27)25-14-6-7-15-25)29-22-24-23-20(17-10-12-19(28-2)13-11-17)26(22)18-8-4-3-5-9-18/h3-5,8-13,16H,6-7,14-15H2,1-2H3. The van der Waals surface area contributed by atoms with E-state index in [4.69, 9.17) is 4.74 Å². The summed E-state index contributed by atoms with van der Waals surface area (Å²) in [6.45, 7) is 3.65. The molecular weight excluding hydrogens is 384 g/mol. The number of hydrogen-bond acceptors (Lipinski definition) is 5. The quantitative estimate of drug-likeness (QED) is 0.576. The summed E-state index contributed by atoms with van der Waals surface area (Å²) in [4.78, 5) is 14.7. The van der Waals surface area contributed by atoms with Crippen LogP contribution in [0.2, 0.25) is 0 Å². The highest BCUT2D eigenvalue weighted by Crippen LogP contribution is 2.31. The highest BCUT2D eigenvalue weighted by Gasteiger charge is 2.26. The van der Waals surface area contributed by atoms with Gasteiger partial charge in [0.2, 0.25) is 5.91 Å². The SMILES string of the molecule is COc1ccc(-c2nnc(SC(C)C(=O)N3CCCC3)n2-c2ccccc2)cc1. The average Bonchev–Trinajstić information content (AvgIpc) is 3.44. The Hall–Kier alpha value is -2.80. The molecule has 2 aromatic carbocycles. The fourth-order valence-electron chi connectivity index (χ4n) is 3.49. The van der Waals surface area contributed by atoms with Crippen LogP contribution in [-0.2, 0) is 4.79 Å². The summed E-state index contributed by atoms with van der Waals surface area (Å²) in [5.74, 6) is 1.70. The van der Waals surface area contributed by atoms with E-state index in [1.54, 1.807) is 7.11 Å². The van der Waals surface area contributed by atoms with Crippen LogP contribution >= 0.6 is 11.8 Å². The summed E-state index contributed by atoms with van der Waals surface area (Å²) in [5, 5.41) is 9.38. The lowest BCUT2D eigenvalue weighted by molar-refractivity contribution is -0.129. The van der Waals surface area contributed by atoms with Crippen LogP contribution in [0.5, 0.6) is 5.75 Å². The molecule has 6 nitrogen and oxygen atoms in total. The van der Waals surface area contributed by atoms with Gasteiger partial charge in [0, 0.05) is 24.3 Å². The minimum Gasteiger partial charge on any atom is -0.497 e. The van der Waals surface area contributed by atoms with Gasteiger partial charge in [0.15, 0.2) is 11.0 Å². The van der Waals surface area contributed by atoms with E-state index in [0.29, 0.717) is 5.16 Å². The molecule has 2 heterocycles. The molecule has 1 aromatic heterocycles. The summed E-state index contributed by atoms with van der Waals surface area (Å²) < 4.78 is 7.28. The van der Waals surface area contributed by atoms with Crippen molar-refractivity contribution in [2.75, 3.05) is 20.2 Å². The third kappa shape index (κ3) is 4.15. The first-order chi connectivity index (χ1) is 14.2. The molecule has 0 bridgehead atoms. The molecule has 1 unspecified atom stereocenters. The number of nitrogens with zero attached hydrogens (tertiary/aromatic N) is 4. The molecule has 3 aromatic rings. The Bertz CT molecular complexity index is 966. The van der Waals surface area contributed by atoms with Crippen molar-refractivity contribution in [3.05, 3.63) is 54.6 Å². The fraction of sp³-hybridized carbons (Fsp3) is 0.318. The van der Waals surface area contributed by atoms with Gasteiger partial charge in [0.1, 0.15) is 5.75 Å². The molecule has 0 spiro atoms. The lowest BCUT2D eigenvalue weighted by atomic mass is 10.2. The number of hydrogen-bond donors (Lipinski definition) is 0. The lowest BCUT2D eigenvalue weighted by Gasteiger charge is -2.20. The summed E-state index contributed by atoms with van der Waals surface area (Å²) >= 11 is 1.46. The molecule has 0 aliphatic carbocycles. The van der Waals surface area contributed by atoms with Crippen molar-refractivity contribution in [1.29, 1.82) is 0 Å². The van der Waals surface area contributed by atoms with Gasteiger partial charge in [-0.1, -0.05) is 30.0 Å². The number of amides is 1. The molecular formula is C22H24N4O2S. The maximum atomic E-state index is 12.8. The molecule has 1 aliphatic rings. The third-order valence-corrected chi connectivity index (χ3v) is 6.07. The number of para-hydroxylation sites is 1. The van der Waals surface area contributed by atoms with E-state index in [0.717, 1.165) is 48.8 Å². The molecule has 1 amide bonds. The van der Waals surface area contributed by atoms with Gasteiger partial charge in [-0.2, -0.15) is 0 Å². The second-order valence-corrected chi connectivity index (χ2v) is 8.31. The van der Waals surface area contributed by atoms with Crippen LogP contribution in [0.4, 0.5) is 0 Å². The van der Waals surface area contributed by atoms with Crippen LogP contribution in [0.15, 0.2) is 59.8 Å². The van der Waals surface area contributed by atoms with Crippen molar-refractivity contribution in [2.24, 2.45) is 0 Å². The molecule has 0 N–H and O–H groups in total. The van der Waals surface area contributed by atoms with Gasteiger partial charge >= 0.3 is 0 Å². The van der Waals surface area contributed by atoms with E-state index in [9.17, 15) is 4.79 Å². The zero-order chi connectivity index (χ0) is 20.2. The summed E-state index contributed by atoms with van der Waals surface area (Å²) in [6, 6.07) is 17.7. The fourth-order valence-corrected chi connectivity index (χ4v) is 4.44. The Balaban J connectivity index is 1.68. The monoisotopic (exact) mass is 408 g/mol. The van der Waals surface area contributed by atoms with Crippen molar-refractivity contribution in [1.82, 2.24) is 19.7 Å². The van der Waals surface area contributed by atoms with Gasteiger partial charge in [0.25, 0.3) is 0 Å². The Morgan fingerprint density at radius 3 is 2.38 bits per heavy atom. The zero-order valence-electron chi connectivity index (χ0n) is 16.6. The van der Waals surface area contributed by atoms with Crippen LogP contribution in [0.1, 0.15) is 19.8 Å². The van der Waals surface area contributed by atoms with E-state index < -0.39 is 0 Å². The molecule has 29 heavy (non-hydrogen) atoms. The van der Waals surface area contributed by atoms with Crippen LogP contribution in [0, 0.1) is 0 Å². The zero-order valence-corrected chi connectivity index (χ0v) is 17.4. The van der Waals surface area contributed by atoms with Gasteiger partial charge in [0.05, 0.1) is 12.4 Å². The molecule has 1 atom stereocenters. The van der Waals surface area contributed by atoms with E-state index in [1.807, 2.05) is 71.0 Å². The minimum atomic E-state index is -0.219. The van der Waals surface area contributed by atoms with Crippen LogP contribution in [0.3, 0.4) is 0 Å². The van der Waals surface area contributed by atoms with Gasteiger partial charge in [-0.15, -0.1) is 10.2 Å². The summed E-state index contributed by atoms with van der Waals surface area (Å²) in [6.07, 6.45) is 2.18. The molecule has 0 radical (unpaired) electrons. The number of likely N-dealkylation sites (tertiary alicyclic amines) is 1. The lowest BCUT2D eigenvalue weighted by Crippen LogP contribution is -2.34. The smallest absolute Gasteiger partial charge is 0.235 e. The molecule has 0 saturated carbocycles. The number of methoxy groups -OCH3 is 1. The first-order valence-corrected chi connectivity index (χ1v) is 10.7. The Morgan fingerprint density at radius 2 is 1.72 bits per heavy atom. The van der Waals surface area contributed by atoms with Gasteiger partial charge < -0.3 is 9.64 Å². The Kier molecular flexibility index (Phi) is 5.85. The number of thioether (sulfide) groups is 1. The van der Waals surface area contributed by atoms with Crippen LogP contribution in [-0.4, -0.2) is 51.0 Å². The van der Waals surface area contributed by atoms with Crippen molar-refractivity contribution >= 4 is 17.7 Å². The van der Waals surface area contributed by atoms with E-state index >= 15 is 0 Å². The number of carbonyl (C=O) groups excluding carboxylic acids is 1. The first-order valence-electron chi connectivity index (χ1n) is 9.78. The van der Waals surface area contributed by atoms with Gasteiger partial charge in [-0.25, -0.2) is 0 Å². The molecule has 4 rings (SSSR count). The molecule has 1 aliphatic heterocycles. The van der Waals surface area contributed by atoms with Crippen LogP contribution < -0.4 is 4.74 Å². The predicted octanol–water partition coefficient (Wildman–Crippen LogP) is 4.05. The number of aromatic nitrogens is 3. The van der Waals surface area contributed by atoms with E-state index in [2.05, 4.69) is 10.2 Å². The minimum absolute atomic E-state index is 0.168. The number of rotatable bonds is 6. The molecule has 1 saturated heterocycles. The third-order valence-electron chi connectivity index (χ3n) is 5.04. The largest absolute Gasteiger partial charge is 0.497 e.